The number of rotatable bonds is 3. The molecule has 3 saturated heterocycles. The van der Waals surface area contributed by atoms with Gasteiger partial charge in [-0.15, -0.1) is 12.6 Å². The van der Waals surface area contributed by atoms with Crippen molar-refractivity contribution in [1.82, 2.24) is 15.3 Å². The Balaban J connectivity index is 1.55. The van der Waals surface area contributed by atoms with Gasteiger partial charge < -0.3 is 10.2 Å². The molecule has 4 heterocycles. The van der Waals surface area contributed by atoms with Crippen LogP contribution in [-0.4, -0.2) is 35.1 Å². The Kier molecular flexibility index (Phi) is 4.81. The van der Waals surface area contributed by atoms with Crippen LogP contribution in [0.15, 0.2) is 41.3 Å². The van der Waals surface area contributed by atoms with Crippen molar-refractivity contribution in [3.63, 3.8) is 0 Å². The van der Waals surface area contributed by atoms with Crippen molar-refractivity contribution in [3.8, 4) is 11.1 Å². The maximum Gasteiger partial charge on any atom is 0.157 e. The highest BCUT2D eigenvalue weighted by Crippen LogP contribution is 2.38. The molecule has 3 aromatic rings. The third kappa shape index (κ3) is 3.24. The van der Waals surface area contributed by atoms with Gasteiger partial charge in [-0.2, -0.15) is 0 Å². The molecule has 7 rings (SSSR count). The summed E-state index contributed by atoms with van der Waals surface area (Å²) in [5, 5.41) is 4.34. The summed E-state index contributed by atoms with van der Waals surface area (Å²) in [6.45, 7) is 3.83. The van der Waals surface area contributed by atoms with Crippen LogP contribution in [0, 0.1) is 5.82 Å². The molecule has 4 aliphatic rings. The van der Waals surface area contributed by atoms with Crippen LogP contribution < -0.4 is 10.2 Å². The number of aromatic nitrogens is 2. The van der Waals surface area contributed by atoms with Gasteiger partial charge in [-0.25, -0.2) is 14.4 Å². The molecule has 0 amide bonds. The number of anilines is 1. The minimum absolute atomic E-state index is 0.288. The molecule has 6 heteroatoms. The van der Waals surface area contributed by atoms with E-state index in [9.17, 15) is 0 Å². The van der Waals surface area contributed by atoms with Crippen LogP contribution in [-0.2, 0) is 6.42 Å². The zero-order valence-corrected chi connectivity index (χ0v) is 18.9. The molecule has 32 heavy (non-hydrogen) atoms. The van der Waals surface area contributed by atoms with Crippen LogP contribution in [0.3, 0.4) is 0 Å². The summed E-state index contributed by atoms with van der Waals surface area (Å²) in [6, 6.07) is 8.84. The van der Waals surface area contributed by atoms with Crippen LogP contribution in [0.5, 0.6) is 0 Å². The Morgan fingerprint density at radius 1 is 1.09 bits per heavy atom. The van der Waals surface area contributed by atoms with E-state index in [-0.39, 0.29) is 5.82 Å². The first-order valence-electron chi connectivity index (χ1n) is 11.3. The smallest absolute Gasteiger partial charge is 0.157 e. The fraction of sp³-hybridized carbons (Fsp3) is 0.308. The monoisotopic (exact) mass is 444 g/mol. The zero-order valence-electron chi connectivity index (χ0n) is 18.0. The van der Waals surface area contributed by atoms with E-state index in [1.807, 2.05) is 31.2 Å². The summed E-state index contributed by atoms with van der Waals surface area (Å²) in [5.41, 5.74) is 3.87. The van der Waals surface area contributed by atoms with E-state index in [2.05, 4.69) is 52.1 Å². The second-order valence-electron chi connectivity index (χ2n) is 8.88. The third-order valence-electron chi connectivity index (χ3n) is 6.71. The van der Waals surface area contributed by atoms with E-state index in [1.165, 1.54) is 6.42 Å². The number of hydrogen-bond acceptors (Lipinski definition) is 5. The highest BCUT2D eigenvalue weighted by molar-refractivity contribution is 7.80. The summed E-state index contributed by atoms with van der Waals surface area (Å²) < 4.78 is 16.1. The zero-order chi connectivity index (χ0) is 21.8. The first-order chi connectivity index (χ1) is 15.6. The van der Waals surface area contributed by atoms with Crippen LogP contribution >= 0.6 is 12.6 Å². The molecular formula is C26H25FN4S. The number of piperazine rings is 1. The summed E-state index contributed by atoms with van der Waals surface area (Å²) in [4.78, 5) is 12.6. The number of nitrogens with zero attached hydrogens (tertiary/aromatic N) is 3. The van der Waals surface area contributed by atoms with Crippen molar-refractivity contribution in [2.24, 2.45) is 0 Å². The number of aryl methyl sites for hydroxylation is 1. The Bertz CT molecular complexity index is 1280. The molecule has 0 saturated carbocycles. The van der Waals surface area contributed by atoms with Crippen molar-refractivity contribution in [2.75, 3.05) is 18.0 Å². The molecule has 2 aromatic carbocycles. The van der Waals surface area contributed by atoms with Gasteiger partial charge in [-0.05, 0) is 47.7 Å². The molecule has 1 aromatic heterocycles. The van der Waals surface area contributed by atoms with Gasteiger partial charge in [0, 0.05) is 47.4 Å². The molecule has 0 spiro atoms. The number of allylic oxidation sites excluding steroid dienone is 2. The van der Waals surface area contributed by atoms with Crippen molar-refractivity contribution in [2.45, 2.75) is 43.2 Å². The quantitative estimate of drug-likeness (QED) is 0.540. The highest BCUT2D eigenvalue weighted by atomic mass is 32.1. The van der Waals surface area contributed by atoms with E-state index in [0.29, 0.717) is 35.4 Å². The first-order valence-corrected chi connectivity index (χ1v) is 11.8. The van der Waals surface area contributed by atoms with E-state index in [1.54, 1.807) is 0 Å². The molecule has 4 nitrogen and oxygen atoms in total. The fourth-order valence-corrected chi connectivity index (χ4v) is 5.42. The molecule has 3 fully saturated rings. The number of hydrogen-bond donors (Lipinski definition) is 2. The minimum atomic E-state index is -0.288. The van der Waals surface area contributed by atoms with E-state index < -0.39 is 0 Å². The van der Waals surface area contributed by atoms with Crippen molar-refractivity contribution >= 4 is 41.5 Å². The average molecular weight is 445 g/mol. The van der Waals surface area contributed by atoms with E-state index >= 15 is 4.39 Å². The number of halogens is 1. The largest absolute Gasteiger partial charge is 0.353 e. The standard InChI is InChI=1S/C26H25FN4S/c1-2-23-29-25-21(26(30-23)31-13-16-11-17(14-31)28-16)9-8-20(24(25)27)22-12-18(32)10-15-6-4-3-5-7-19(15)22/h4-10,12,16-17,28,32H,2-3,11,13-14H2,1H3. The molecule has 1 N–H and O–H groups in total. The Morgan fingerprint density at radius 3 is 2.66 bits per heavy atom. The van der Waals surface area contributed by atoms with Gasteiger partial charge in [0.15, 0.2) is 5.82 Å². The second kappa shape index (κ2) is 7.71. The maximum atomic E-state index is 16.1. The molecule has 162 valence electrons. The lowest BCUT2D eigenvalue weighted by molar-refractivity contribution is 0.225. The highest BCUT2D eigenvalue weighted by Gasteiger charge is 2.37. The Hall–Kier alpha value is -2.70. The molecule has 0 radical (unpaired) electrons. The van der Waals surface area contributed by atoms with Crippen LogP contribution in [0.4, 0.5) is 10.2 Å². The predicted octanol–water partition coefficient (Wildman–Crippen LogP) is 5.27. The summed E-state index contributed by atoms with van der Waals surface area (Å²) >= 11 is 4.59. The number of piperidine rings is 1. The number of benzene rings is 2. The molecule has 1 aliphatic carbocycles. The fourth-order valence-electron chi connectivity index (χ4n) is 5.15. The predicted molar refractivity (Wildman–Crippen MR) is 132 cm³/mol. The molecule has 2 bridgehead atoms. The SMILES string of the molecule is CCc1nc(N2CC3CC(C2)N3)c2ccc(-c3cc(S)cc4c3C=CCC=C4)c(F)c2n1. The van der Waals surface area contributed by atoms with Crippen LogP contribution in [0.2, 0.25) is 0 Å². The Morgan fingerprint density at radius 2 is 1.88 bits per heavy atom. The van der Waals surface area contributed by atoms with Gasteiger partial charge in [0.25, 0.3) is 0 Å². The lowest BCUT2D eigenvalue weighted by Crippen LogP contribution is -2.67. The van der Waals surface area contributed by atoms with Crippen LogP contribution in [0.25, 0.3) is 34.2 Å². The summed E-state index contributed by atoms with van der Waals surface area (Å²) in [7, 11) is 0. The average Bonchev–Trinajstić information content (AvgIpc) is 3.03. The Labute approximate surface area is 192 Å². The van der Waals surface area contributed by atoms with E-state index in [0.717, 1.165) is 52.3 Å². The number of nitrogens with one attached hydrogen (secondary N) is 1. The van der Waals surface area contributed by atoms with Crippen molar-refractivity contribution < 1.29 is 4.39 Å². The lowest BCUT2D eigenvalue weighted by Gasteiger charge is -2.49. The van der Waals surface area contributed by atoms with Crippen molar-refractivity contribution in [1.29, 1.82) is 0 Å². The summed E-state index contributed by atoms with van der Waals surface area (Å²) in [5.74, 6) is 1.25. The number of thiol groups is 1. The molecule has 2 unspecified atom stereocenters. The topological polar surface area (TPSA) is 41.1 Å². The maximum absolute atomic E-state index is 16.1. The van der Waals surface area contributed by atoms with Gasteiger partial charge in [0.05, 0.1) is 0 Å². The second-order valence-corrected chi connectivity index (χ2v) is 9.39. The third-order valence-corrected chi connectivity index (χ3v) is 6.97. The van der Waals surface area contributed by atoms with Crippen LogP contribution in [0.1, 0.15) is 36.7 Å². The summed E-state index contributed by atoms with van der Waals surface area (Å²) in [6.07, 6.45) is 11.1. The van der Waals surface area contributed by atoms with Gasteiger partial charge >= 0.3 is 0 Å². The van der Waals surface area contributed by atoms with Gasteiger partial charge in [0.1, 0.15) is 17.2 Å². The van der Waals surface area contributed by atoms with Crippen molar-refractivity contribution in [3.05, 3.63) is 59.2 Å². The number of fused-ring (bicyclic) bond motifs is 4. The van der Waals surface area contributed by atoms with E-state index in [4.69, 9.17) is 4.98 Å². The van der Waals surface area contributed by atoms with Gasteiger partial charge in [-0.3, -0.25) is 0 Å². The molecule has 2 atom stereocenters. The molecular weight excluding hydrogens is 419 g/mol. The van der Waals surface area contributed by atoms with Gasteiger partial charge in [-0.1, -0.05) is 37.3 Å². The minimum Gasteiger partial charge on any atom is -0.353 e. The lowest BCUT2D eigenvalue weighted by atomic mass is 9.91. The normalized spacial score (nSPS) is 21.4. The molecule has 3 aliphatic heterocycles. The van der Waals surface area contributed by atoms with Gasteiger partial charge in [0.2, 0.25) is 0 Å². The first kappa shape index (κ1) is 19.9.